The molecule has 4 heteroatoms. The number of aliphatic hydroxyl groups is 1. The van der Waals surface area contributed by atoms with Gasteiger partial charge in [-0.05, 0) is 5.92 Å². The lowest BCUT2D eigenvalue weighted by Gasteiger charge is -2.22. The number of nitrogens with two attached hydrogens (primary N) is 1. The van der Waals surface area contributed by atoms with E-state index in [1.165, 1.54) is 0 Å². The summed E-state index contributed by atoms with van der Waals surface area (Å²) in [6, 6.07) is -0.439. The highest BCUT2D eigenvalue weighted by molar-refractivity contribution is 5.67. The van der Waals surface area contributed by atoms with E-state index in [0.717, 1.165) is 6.42 Å². The van der Waals surface area contributed by atoms with Gasteiger partial charge in [-0.1, -0.05) is 20.3 Å². The summed E-state index contributed by atoms with van der Waals surface area (Å²) in [5.41, 5.74) is 5.61. The van der Waals surface area contributed by atoms with Crippen molar-refractivity contribution in [2.24, 2.45) is 11.7 Å². The standard InChI is InChI=1S/C8H17NO3/c1-3-5(2)8(9)6(10)4-7(11)12/h5-6,8,10H,3-4,9H2,1-2H3,(H,11,12)/t5-,6-,8-/m0/s1. The molecule has 0 unspecified atom stereocenters. The molecule has 12 heavy (non-hydrogen) atoms. The number of carbonyl (C=O) groups is 1. The van der Waals surface area contributed by atoms with Crippen LogP contribution in [0.15, 0.2) is 0 Å². The quantitative estimate of drug-likeness (QED) is 0.557. The van der Waals surface area contributed by atoms with Crippen LogP contribution in [0.1, 0.15) is 26.7 Å². The molecule has 0 aromatic carbocycles. The van der Waals surface area contributed by atoms with E-state index in [1.807, 2.05) is 13.8 Å². The normalized spacial score (nSPS) is 18.3. The Labute approximate surface area is 72.4 Å². The number of aliphatic carboxylic acids is 1. The molecular weight excluding hydrogens is 158 g/mol. The molecule has 0 aromatic rings. The first-order valence-corrected chi connectivity index (χ1v) is 4.14. The molecule has 0 aromatic heterocycles. The van der Waals surface area contributed by atoms with Gasteiger partial charge in [0.2, 0.25) is 0 Å². The van der Waals surface area contributed by atoms with Gasteiger partial charge in [-0.25, -0.2) is 0 Å². The molecule has 3 atom stereocenters. The first kappa shape index (κ1) is 11.4. The van der Waals surface area contributed by atoms with E-state index in [-0.39, 0.29) is 12.3 Å². The van der Waals surface area contributed by atoms with Gasteiger partial charge in [0.15, 0.2) is 0 Å². The minimum Gasteiger partial charge on any atom is -0.481 e. The van der Waals surface area contributed by atoms with Gasteiger partial charge in [-0.2, -0.15) is 0 Å². The Morgan fingerprint density at radius 1 is 1.58 bits per heavy atom. The summed E-state index contributed by atoms with van der Waals surface area (Å²) in [5, 5.41) is 17.7. The Hall–Kier alpha value is -0.610. The molecule has 0 aliphatic rings. The molecule has 0 bridgehead atoms. The molecule has 0 aliphatic heterocycles. The van der Waals surface area contributed by atoms with Crippen LogP contribution in [-0.2, 0) is 4.79 Å². The molecule has 4 nitrogen and oxygen atoms in total. The number of carboxylic acids is 1. The Morgan fingerprint density at radius 2 is 2.08 bits per heavy atom. The highest BCUT2D eigenvalue weighted by atomic mass is 16.4. The second-order valence-electron chi connectivity index (χ2n) is 3.13. The average Bonchev–Trinajstić information content (AvgIpc) is 2.00. The van der Waals surface area contributed by atoms with Crippen LogP contribution in [-0.4, -0.2) is 28.3 Å². The molecular formula is C8H17NO3. The summed E-state index contributed by atoms with van der Waals surface area (Å²) in [6.45, 7) is 3.85. The van der Waals surface area contributed by atoms with Crippen molar-refractivity contribution in [2.45, 2.75) is 38.8 Å². The zero-order valence-electron chi connectivity index (χ0n) is 7.53. The summed E-state index contributed by atoms with van der Waals surface area (Å²) in [7, 11) is 0. The topological polar surface area (TPSA) is 83.5 Å². The van der Waals surface area contributed by atoms with Crippen LogP contribution in [0.2, 0.25) is 0 Å². The van der Waals surface area contributed by atoms with Crippen LogP contribution in [0, 0.1) is 5.92 Å². The fraction of sp³-hybridized carbons (Fsp3) is 0.875. The average molecular weight is 175 g/mol. The molecule has 4 N–H and O–H groups in total. The van der Waals surface area contributed by atoms with Crippen molar-refractivity contribution in [1.29, 1.82) is 0 Å². The van der Waals surface area contributed by atoms with Crippen molar-refractivity contribution in [3.05, 3.63) is 0 Å². The first-order valence-electron chi connectivity index (χ1n) is 4.14. The fourth-order valence-electron chi connectivity index (χ4n) is 0.966. The molecule has 0 aliphatic carbocycles. The number of carboxylic acid groups (broad SMARTS) is 1. The van der Waals surface area contributed by atoms with Crippen molar-refractivity contribution in [3.63, 3.8) is 0 Å². The third-order valence-corrected chi connectivity index (χ3v) is 2.13. The zero-order chi connectivity index (χ0) is 9.72. The van der Waals surface area contributed by atoms with Gasteiger partial charge < -0.3 is 15.9 Å². The van der Waals surface area contributed by atoms with E-state index in [1.54, 1.807) is 0 Å². The van der Waals surface area contributed by atoms with Gasteiger partial charge in [0.05, 0.1) is 12.5 Å². The van der Waals surface area contributed by atoms with E-state index in [2.05, 4.69) is 0 Å². The van der Waals surface area contributed by atoms with Gasteiger partial charge in [0, 0.05) is 6.04 Å². The minimum atomic E-state index is -1.01. The van der Waals surface area contributed by atoms with Crippen molar-refractivity contribution in [3.8, 4) is 0 Å². The summed E-state index contributed by atoms with van der Waals surface area (Å²) in [6.07, 6.45) is -0.360. The Morgan fingerprint density at radius 3 is 2.42 bits per heavy atom. The van der Waals surface area contributed by atoms with Gasteiger partial charge in [-0.3, -0.25) is 4.79 Å². The number of aliphatic hydroxyl groups excluding tert-OH is 1. The van der Waals surface area contributed by atoms with Gasteiger partial charge in [0.1, 0.15) is 0 Å². The summed E-state index contributed by atoms with van der Waals surface area (Å²) >= 11 is 0. The van der Waals surface area contributed by atoms with E-state index in [0.29, 0.717) is 0 Å². The second kappa shape index (κ2) is 5.11. The van der Waals surface area contributed by atoms with E-state index >= 15 is 0 Å². The minimum absolute atomic E-state index is 0.152. The third-order valence-electron chi connectivity index (χ3n) is 2.13. The van der Waals surface area contributed by atoms with Crippen molar-refractivity contribution < 1.29 is 15.0 Å². The Bertz CT molecular complexity index is 149. The van der Waals surface area contributed by atoms with Crippen molar-refractivity contribution in [2.75, 3.05) is 0 Å². The van der Waals surface area contributed by atoms with Crippen LogP contribution < -0.4 is 5.73 Å². The molecule has 0 spiro atoms. The number of hydrogen-bond donors (Lipinski definition) is 3. The largest absolute Gasteiger partial charge is 0.481 e. The van der Waals surface area contributed by atoms with Gasteiger partial charge in [0.25, 0.3) is 0 Å². The van der Waals surface area contributed by atoms with Crippen LogP contribution >= 0.6 is 0 Å². The first-order chi connectivity index (χ1) is 5.49. The molecule has 0 amide bonds. The van der Waals surface area contributed by atoms with Crippen molar-refractivity contribution >= 4 is 5.97 Å². The Kier molecular flexibility index (Phi) is 4.85. The molecule has 0 saturated heterocycles. The summed E-state index contributed by atoms with van der Waals surface area (Å²) in [5.74, 6) is -0.861. The van der Waals surface area contributed by atoms with Crippen LogP contribution in [0.25, 0.3) is 0 Å². The lowest BCUT2D eigenvalue weighted by Crippen LogP contribution is -2.41. The maximum atomic E-state index is 10.2. The highest BCUT2D eigenvalue weighted by Crippen LogP contribution is 2.10. The van der Waals surface area contributed by atoms with Gasteiger partial charge >= 0.3 is 5.97 Å². The van der Waals surface area contributed by atoms with Crippen LogP contribution in [0.4, 0.5) is 0 Å². The summed E-state index contributed by atoms with van der Waals surface area (Å²) < 4.78 is 0. The maximum absolute atomic E-state index is 10.2. The molecule has 0 rings (SSSR count). The Balaban J connectivity index is 3.91. The highest BCUT2D eigenvalue weighted by Gasteiger charge is 2.22. The molecule has 0 radical (unpaired) electrons. The second-order valence-corrected chi connectivity index (χ2v) is 3.13. The van der Waals surface area contributed by atoms with Crippen LogP contribution in [0.3, 0.4) is 0 Å². The lowest BCUT2D eigenvalue weighted by atomic mass is 9.94. The van der Waals surface area contributed by atoms with Gasteiger partial charge in [-0.15, -0.1) is 0 Å². The zero-order valence-corrected chi connectivity index (χ0v) is 7.53. The SMILES string of the molecule is CC[C@H](C)[C@H](N)[C@@H](O)CC(=O)O. The predicted molar refractivity (Wildman–Crippen MR) is 45.7 cm³/mol. The van der Waals surface area contributed by atoms with Crippen LogP contribution in [0.5, 0.6) is 0 Å². The van der Waals surface area contributed by atoms with E-state index in [4.69, 9.17) is 10.8 Å². The molecule has 0 heterocycles. The monoisotopic (exact) mass is 175 g/mol. The number of hydrogen-bond acceptors (Lipinski definition) is 3. The molecule has 0 fully saturated rings. The summed E-state index contributed by atoms with van der Waals surface area (Å²) in [4.78, 5) is 10.2. The maximum Gasteiger partial charge on any atom is 0.306 e. The smallest absolute Gasteiger partial charge is 0.306 e. The van der Waals surface area contributed by atoms with E-state index in [9.17, 15) is 9.90 Å². The molecule has 0 saturated carbocycles. The van der Waals surface area contributed by atoms with E-state index < -0.39 is 18.1 Å². The fourth-order valence-corrected chi connectivity index (χ4v) is 0.966. The lowest BCUT2D eigenvalue weighted by molar-refractivity contribution is -0.139. The van der Waals surface area contributed by atoms with Crippen molar-refractivity contribution in [1.82, 2.24) is 0 Å². The number of rotatable bonds is 5. The molecule has 72 valence electrons. The predicted octanol–water partition coefficient (Wildman–Crippen LogP) is 0.195. The third kappa shape index (κ3) is 3.69.